The first-order valence-corrected chi connectivity index (χ1v) is 9.64. The number of hydrogen-bond donors (Lipinski definition) is 2. The van der Waals surface area contributed by atoms with E-state index in [4.69, 9.17) is 0 Å². The Labute approximate surface area is 164 Å². The van der Waals surface area contributed by atoms with Crippen molar-refractivity contribution in [3.63, 3.8) is 0 Å². The van der Waals surface area contributed by atoms with Crippen LogP contribution in [-0.4, -0.2) is 58.5 Å². The number of esters is 1. The quantitative estimate of drug-likeness (QED) is 0.638. The normalized spacial score (nSPS) is 20.2. The van der Waals surface area contributed by atoms with Crippen LogP contribution in [0.25, 0.3) is 0 Å². The zero-order valence-corrected chi connectivity index (χ0v) is 16.7. The molecule has 2 unspecified atom stereocenters. The molecule has 2 atom stereocenters. The molecule has 1 fully saturated rings. The van der Waals surface area contributed by atoms with Crippen molar-refractivity contribution in [2.45, 2.75) is 24.8 Å². The highest BCUT2D eigenvalue weighted by Crippen LogP contribution is 2.27. The second kappa shape index (κ2) is 10.3. The van der Waals surface area contributed by atoms with E-state index in [0.717, 1.165) is 16.4 Å². The molecule has 0 amide bonds. The van der Waals surface area contributed by atoms with E-state index in [1.165, 1.54) is 20.2 Å². The standard InChI is InChI=1S/C16H23F2N3O4S.ClH/c1-21(8-6-16(22)25-2)26(23,24)20-15-10-19-7-5-12(15)11-3-4-13(17)14(18)9-11;/h3-4,9,12,15,19-20H,5-8,10H2,1-2H3;1H. The number of carbonyl (C=O) groups excluding carboxylic acids is 1. The van der Waals surface area contributed by atoms with Crippen molar-refractivity contribution in [1.29, 1.82) is 0 Å². The average Bonchev–Trinajstić information content (AvgIpc) is 2.61. The highest BCUT2D eigenvalue weighted by molar-refractivity contribution is 7.87. The average molecular weight is 428 g/mol. The predicted molar refractivity (Wildman–Crippen MR) is 98.9 cm³/mol. The number of carbonyl (C=O) groups is 1. The van der Waals surface area contributed by atoms with Crippen LogP contribution < -0.4 is 10.0 Å². The summed E-state index contributed by atoms with van der Waals surface area (Å²) in [5, 5.41) is 3.09. The van der Waals surface area contributed by atoms with Gasteiger partial charge in [0.05, 0.1) is 13.5 Å². The van der Waals surface area contributed by atoms with Crippen molar-refractivity contribution in [3.05, 3.63) is 35.4 Å². The molecule has 1 aliphatic rings. The van der Waals surface area contributed by atoms with Gasteiger partial charge in [-0.3, -0.25) is 4.79 Å². The molecule has 0 bridgehead atoms. The Morgan fingerprint density at radius 1 is 1.37 bits per heavy atom. The summed E-state index contributed by atoms with van der Waals surface area (Å²) >= 11 is 0. The summed E-state index contributed by atoms with van der Waals surface area (Å²) in [4.78, 5) is 11.2. The number of halogens is 3. The van der Waals surface area contributed by atoms with Crippen molar-refractivity contribution in [3.8, 4) is 0 Å². The molecule has 2 N–H and O–H groups in total. The Kier molecular flexibility index (Phi) is 9.03. The fourth-order valence-electron chi connectivity index (χ4n) is 2.88. The summed E-state index contributed by atoms with van der Waals surface area (Å²) < 4.78 is 59.8. The Morgan fingerprint density at radius 2 is 2.07 bits per heavy atom. The van der Waals surface area contributed by atoms with Crippen LogP contribution in [-0.2, 0) is 19.7 Å². The van der Waals surface area contributed by atoms with Gasteiger partial charge in [-0.25, -0.2) is 8.78 Å². The first kappa shape index (κ1) is 23.7. The lowest BCUT2D eigenvalue weighted by Gasteiger charge is -2.34. The summed E-state index contributed by atoms with van der Waals surface area (Å²) in [7, 11) is -1.27. The lowest BCUT2D eigenvalue weighted by Crippen LogP contribution is -2.53. The van der Waals surface area contributed by atoms with Gasteiger partial charge in [-0.15, -0.1) is 12.4 Å². The monoisotopic (exact) mass is 427 g/mol. The first-order valence-electron chi connectivity index (χ1n) is 8.20. The Balaban J connectivity index is 0.00000364. The molecular formula is C16H24ClF2N3O4S. The van der Waals surface area contributed by atoms with Crippen molar-refractivity contribution >= 4 is 28.6 Å². The van der Waals surface area contributed by atoms with E-state index in [1.54, 1.807) is 0 Å². The molecule has 11 heteroatoms. The van der Waals surface area contributed by atoms with Crippen LogP contribution in [0.2, 0.25) is 0 Å². The van der Waals surface area contributed by atoms with Gasteiger partial charge < -0.3 is 10.1 Å². The third-order valence-electron chi connectivity index (χ3n) is 4.42. The van der Waals surface area contributed by atoms with Gasteiger partial charge in [0.15, 0.2) is 11.6 Å². The largest absolute Gasteiger partial charge is 0.469 e. The Hall–Kier alpha value is -1.33. The van der Waals surface area contributed by atoms with E-state index < -0.39 is 33.9 Å². The molecule has 7 nitrogen and oxygen atoms in total. The topological polar surface area (TPSA) is 87.7 Å². The maximum Gasteiger partial charge on any atom is 0.306 e. The fraction of sp³-hybridized carbons (Fsp3) is 0.562. The van der Waals surface area contributed by atoms with Crippen molar-refractivity contribution in [2.75, 3.05) is 33.8 Å². The van der Waals surface area contributed by atoms with Crippen LogP contribution >= 0.6 is 12.4 Å². The minimum atomic E-state index is -3.86. The third kappa shape index (κ3) is 6.35. The Morgan fingerprint density at radius 3 is 2.70 bits per heavy atom. The number of hydrogen-bond acceptors (Lipinski definition) is 5. The molecule has 0 spiro atoms. The number of benzene rings is 1. The van der Waals surface area contributed by atoms with E-state index in [0.29, 0.717) is 25.1 Å². The van der Waals surface area contributed by atoms with Gasteiger partial charge in [-0.05, 0) is 30.7 Å². The molecule has 1 aromatic carbocycles. The van der Waals surface area contributed by atoms with E-state index in [2.05, 4.69) is 14.8 Å². The second-order valence-corrected chi connectivity index (χ2v) is 7.96. The minimum absolute atomic E-state index is 0. The van der Waals surface area contributed by atoms with Crippen molar-refractivity contribution < 1.29 is 26.7 Å². The number of nitrogens with zero attached hydrogens (tertiary/aromatic N) is 1. The van der Waals surface area contributed by atoms with Gasteiger partial charge in [0.1, 0.15) is 0 Å². The number of rotatable bonds is 7. The molecular weight excluding hydrogens is 404 g/mol. The zero-order chi connectivity index (χ0) is 19.3. The molecule has 1 saturated heterocycles. The summed E-state index contributed by atoms with van der Waals surface area (Å²) in [6.07, 6.45) is 0.508. The maximum atomic E-state index is 13.6. The van der Waals surface area contributed by atoms with Crippen molar-refractivity contribution in [1.82, 2.24) is 14.3 Å². The molecule has 1 heterocycles. The lowest BCUT2D eigenvalue weighted by atomic mass is 9.86. The molecule has 0 saturated carbocycles. The van der Waals surface area contributed by atoms with E-state index in [-0.39, 0.29) is 31.3 Å². The summed E-state index contributed by atoms with van der Waals surface area (Å²) in [6.45, 7) is 0.964. The SMILES string of the molecule is COC(=O)CCN(C)S(=O)(=O)NC1CNCCC1c1ccc(F)c(F)c1.Cl. The highest BCUT2D eigenvalue weighted by atomic mass is 35.5. The van der Waals surface area contributed by atoms with Crippen molar-refractivity contribution in [2.24, 2.45) is 0 Å². The third-order valence-corrected chi connectivity index (χ3v) is 6.03. The van der Waals surface area contributed by atoms with E-state index in [9.17, 15) is 22.0 Å². The molecule has 154 valence electrons. The number of nitrogens with one attached hydrogen (secondary N) is 2. The molecule has 27 heavy (non-hydrogen) atoms. The fourth-order valence-corrected chi connectivity index (χ4v) is 4.02. The minimum Gasteiger partial charge on any atom is -0.469 e. The summed E-state index contributed by atoms with van der Waals surface area (Å²) in [5.41, 5.74) is 0.537. The van der Waals surface area contributed by atoms with Gasteiger partial charge in [0.25, 0.3) is 10.2 Å². The van der Waals surface area contributed by atoms with E-state index >= 15 is 0 Å². The van der Waals surface area contributed by atoms with Crippen LogP contribution in [0.5, 0.6) is 0 Å². The molecule has 0 radical (unpaired) electrons. The van der Waals surface area contributed by atoms with Crippen LogP contribution in [0.3, 0.4) is 0 Å². The highest BCUT2D eigenvalue weighted by Gasteiger charge is 2.32. The van der Waals surface area contributed by atoms with Crippen LogP contribution in [0, 0.1) is 11.6 Å². The van der Waals surface area contributed by atoms with Gasteiger partial charge in [-0.2, -0.15) is 17.4 Å². The summed E-state index contributed by atoms with van der Waals surface area (Å²) in [6, 6.07) is 3.09. The number of ether oxygens (including phenoxy) is 1. The number of piperidine rings is 1. The molecule has 1 aliphatic heterocycles. The molecule has 0 aromatic heterocycles. The van der Waals surface area contributed by atoms with E-state index in [1.807, 2.05) is 0 Å². The van der Waals surface area contributed by atoms with Crippen LogP contribution in [0.15, 0.2) is 18.2 Å². The van der Waals surface area contributed by atoms with Gasteiger partial charge >= 0.3 is 5.97 Å². The van der Waals surface area contributed by atoms with Crippen LogP contribution in [0.4, 0.5) is 8.78 Å². The van der Waals surface area contributed by atoms with Gasteiger partial charge in [-0.1, -0.05) is 6.07 Å². The zero-order valence-electron chi connectivity index (χ0n) is 15.1. The van der Waals surface area contributed by atoms with Gasteiger partial charge in [0, 0.05) is 32.1 Å². The maximum absolute atomic E-state index is 13.6. The first-order chi connectivity index (χ1) is 12.2. The second-order valence-electron chi connectivity index (χ2n) is 6.15. The smallest absolute Gasteiger partial charge is 0.306 e. The summed E-state index contributed by atoms with van der Waals surface area (Å²) in [5.74, 6) is -2.71. The Bertz CT molecular complexity index is 751. The van der Waals surface area contributed by atoms with Gasteiger partial charge in [0.2, 0.25) is 0 Å². The van der Waals surface area contributed by atoms with Crippen LogP contribution in [0.1, 0.15) is 24.3 Å². The lowest BCUT2D eigenvalue weighted by molar-refractivity contribution is -0.140. The predicted octanol–water partition coefficient (Wildman–Crippen LogP) is 1.16. The molecule has 2 rings (SSSR count). The molecule has 1 aromatic rings. The number of methoxy groups -OCH3 is 1. The molecule has 0 aliphatic carbocycles.